The van der Waals surface area contributed by atoms with Gasteiger partial charge in [0.05, 0.1) is 6.04 Å². The van der Waals surface area contributed by atoms with E-state index in [-0.39, 0.29) is 11.8 Å². The van der Waals surface area contributed by atoms with Crippen molar-refractivity contribution in [2.75, 3.05) is 26.2 Å². The Labute approximate surface area is 103 Å². The highest BCUT2D eigenvalue weighted by Crippen LogP contribution is 2.11. The molecule has 1 heterocycles. The van der Waals surface area contributed by atoms with Crippen molar-refractivity contribution in [1.29, 1.82) is 0 Å². The Balaban J connectivity index is 2.04. The van der Waals surface area contributed by atoms with Crippen LogP contribution in [0, 0.1) is 0 Å². The Morgan fingerprint density at radius 1 is 1.29 bits per heavy atom. The highest BCUT2D eigenvalue weighted by Gasteiger charge is 2.24. The molecular formula is C14H20N2O. The molecule has 3 heteroatoms. The van der Waals surface area contributed by atoms with Gasteiger partial charge in [-0.2, -0.15) is 0 Å². The van der Waals surface area contributed by atoms with Crippen molar-refractivity contribution in [3.05, 3.63) is 35.9 Å². The fraction of sp³-hybridized carbons (Fsp3) is 0.500. The fourth-order valence-corrected chi connectivity index (χ4v) is 2.36. The van der Waals surface area contributed by atoms with E-state index in [0.29, 0.717) is 0 Å². The molecule has 1 saturated heterocycles. The molecular weight excluding hydrogens is 212 g/mol. The van der Waals surface area contributed by atoms with Crippen molar-refractivity contribution >= 4 is 5.78 Å². The van der Waals surface area contributed by atoms with E-state index in [2.05, 4.69) is 22.3 Å². The molecule has 1 aliphatic heterocycles. The summed E-state index contributed by atoms with van der Waals surface area (Å²) in [6, 6.07) is 10.3. The van der Waals surface area contributed by atoms with E-state index in [4.69, 9.17) is 0 Å². The van der Waals surface area contributed by atoms with Gasteiger partial charge in [-0.3, -0.25) is 9.69 Å². The van der Waals surface area contributed by atoms with E-state index in [1.54, 1.807) is 6.92 Å². The van der Waals surface area contributed by atoms with Gasteiger partial charge in [-0.05, 0) is 18.9 Å². The third kappa shape index (κ3) is 3.38. The summed E-state index contributed by atoms with van der Waals surface area (Å²) in [5.74, 6) is 0.274. The summed E-state index contributed by atoms with van der Waals surface area (Å²) >= 11 is 0. The Hall–Kier alpha value is -1.19. The van der Waals surface area contributed by atoms with Crippen LogP contribution < -0.4 is 5.32 Å². The molecule has 1 unspecified atom stereocenters. The highest BCUT2D eigenvalue weighted by molar-refractivity contribution is 5.81. The molecule has 1 fully saturated rings. The summed E-state index contributed by atoms with van der Waals surface area (Å²) < 4.78 is 0. The van der Waals surface area contributed by atoms with E-state index in [9.17, 15) is 4.79 Å². The van der Waals surface area contributed by atoms with Crippen molar-refractivity contribution in [1.82, 2.24) is 10.2 Å². The van der Waals surface area contributed by atoms with Gasteiger partial charge in [0, 0.05) is 26.2 Å². The summed E-state index contributed by atoms with van der Waals surface area (Å²) in [6.07, 6.45) is 0.830. The van der Waals surface area contributed by atoms with Crippen LogP contribution in [0.5, 0.6) is 0 Å². The minimum absolute atomic E-state index is 0.0412. The molecule has 2 rings (SSSR count). The van der Waals surface area contributed by atoms with Crippen molar-refractivity contribution in [3.63, 3.8) is 0 Å². The van der Waals surface area contributed by atoms with E-state index in [0.717, 1.165) is 32.6 Å². The molecule has 0 aliphatic carbocycles. The van der Waals surface area contributed by atoms with Crippen LogP contribution >= 0.6 is 0 Å². The average Bonchev–Trinajstić information content (AvgIpc) is 2.38. The number of carbonyl (C=O) groups is 1. The summed E-state index contributed by atoms with van der Waals surface area (Å²) in [4.78, 5) is 14.1. The molecule has 1 aromatic rings. The van der Waals surface area contributed by atoms with Gasteiger partial charge in [0.15, 0.2) is 0 Å². The molecule has 1 N–H and O–H groups in total. The largest absolute Gasteiger partial charge is 0.314 e. The zero-order valence-electron chi connectivity index (χ0n) is 10.4. The van der Waals surface area contributed by atoms with Crippen molar-refractivity contribution in [2.24, 2.45) is 0 Å². The lowest BCUT2D eigenvalue weighted by molar-refractivity contribution is -0.122. The number of Topliss-reactive ketones (excluding diaryl/α,β-unsaturated/α-hetero) is 1. The van der Waals surface area contributed by atoms with Gasteiger partial charge in [0.25, 0.3) is 0 Å². The topological polar surface area (TPSA) is 32.3 Å². The fourth-order valence-electron chi connectivity index (χ4n) is 2.36. The SMILES string of the molecule is CC(=O)C(Cc1ccccc1)N1CCNCC1. The van der Waals surface area contributed by atoms with Gasteiger partial charge >= 0.3 is 0 Å². The van der Waals surface area contributed by atoms with Crippen molar-refractivity contribution in [3.8, 4) is 0 Å². The number of hydrogen-bond acceptors (Lipinski definition) is 3. The molecule has 0 aromatic heterocycles. The maximum atomic E-state index is 11.8. The number of hydrogen-bond donors (Lipinski definition) is 1. The van der Waals surface area contributed by atoms with Crippen LogP contribution in [0.4, 0.5) is 0 Å². The Morgan fingerprint density at radius 2 is 1.94 bits per heavy atom. The van der Waals surface area contributed by atoms with E-state index < -0.39 is 0 Å². The molecule has 92 valence electrons. The Bertz CT molecular complexity index is 358. The van der Waals surface area contributed by atoms with Gasteiger partial charge in [0.1, 0.15) is 5.78 Å². The summed E-state index contributed by atoms with van der Waals surface area (Å²) in [5.41, 5.74) is 1.24. The molecule has 1 atom stereocenters. The highest BCUT2D eigenvalue weighted by atomic mass is 16.1. The quantitative estimate of drug-likeness (QED) is 0.843. The number of nitrogens with zero attached hydrogens (tertiary/aromatic N) is 1. The van der Waals surface area contributed by atoms with Gasteiger partial charge in [-0.15, -0.1) is 0 Å². The molecule has 0 amide bonds. The van der Waals surface area contributed by atoms with Crippen molar-refractivity contribution < 1.29 is 4.79 Å². The number of benzene rings is 1. The number of piperazine rings is 1. The summed E-state index contributed by atoms with van der Waals surface area (Å²) in [6.45, 7) is 5.61. The molecule has 1 aromatic carbocycles. The molecule has 0 saturated carbocycles. The molecule has 1 aliphatic rings. The average molecular weight is 232 g/mol. The zero-order valence-corrected chi connectivity index (χ0v) is 10.4. The van der Waals surface area contributed by atoms with Gasteiger partial charge < -0.3 is 5.32 Å². The van der Waals surface area contributed by atoms with Gasteiger partial charge in [0.2, 0.25) is 0 Å². The van der Waals surface area contributed by atoms with Crippen LogP contribution in [0.3, 0.4) is 0 Å². The lowest BCUT2D eigenvalue weighted by Crippen LogP contribution is -2.51. The summed E-state index contributed by atoms with van der Waals surface area (Å²) in [5, 5.41) is 3.32. The van der Waals surface area contributed by atoms with E-state index >= 15 is 0 Å². The minimum atomic E-state index is 0.0412. The van der Waals surface area contributed by atoms with Crippen LogP contribution in [0.15, 0.2) is 30.3 Å². The number of carbonyl (C=O) groups excluding carboxylic acids is 1. The zero-order chi connectivity index (χ0) is 12.1. The van der Waals surface area contributed by atoms with Crippen LogP contribution in [0.2, 0.25) is 0 Å². The lowest BCUT2D eigenvalue weighted by Gasteiger charge is -2.33. The van der Waals surface area contributed by atoms with Crippen molar-refractivity contribution in [2.45, 2.75) is 19.4 Å². The van der Waals surface area contributed by atoms with E-state index in [1.807, 2.05) is 18.2 Å². The van der Waals surface area contributed by atoms with Crippen LogP contribution in [0.25, 0.3) is 0 Å². The second-order valence-electron chi connectivity index (χ2n) is 4.60. The van der Waals surface area contributed by atoms with Gasteiger partial charge in [-0.1, -0.05) is 30.3 Å². The number of nitrogens with one attached hydrogen (secondary N) is 1. The lowest BCUT2D eigenvalue weighted by atomic mass is 10.0. The van der Waals surface area contributed by atoms with Crippen LogP contribution in [-0.2, 0) is 11.2 Å². The smallest absolute Gasteiger partial charge is 0.147 e. The number of ketones is 1. The third-order valence-electron chi connectivity index (χ3n) is 3.33. The predicted octanol–water partition coefficient (Wildman–Crippen LogP) is 1.09. The second kappa shape index (κ2) is 5.94. The van der Waals surface area contributed by atoms with Gasteiger partial charge in [-0.25, -0.2) is 0 Å². The molecule has 0 spiro atoms. The summed E-state index contributed by atoms with van der Waals surface area (Å²) in [7, 11) is 0. The standard InChI is InChI=1S/C14H20N2O/c1-12(17)14(16-9-7-15-8-10-16)11-13-5-3-2-4-6-13/h2-6,14-15H,7-11H2,1H3. The Kier molecular flexibility index (Phi) is 4.29. The first-order valence-corrected chi connectivity index (χ1v) is 6.26. The maximum absolute atomic E-state index is 11.8. The van der Waals surface area contributed by atoms with E-state index in [1.165, 1.54) is 5.56 Å². The second-order valence-corrected chi connectivity index (χ2v) is 4.60. The molecule has 0 radical (unpaired) electrons. The van der Waals surface area contributed by atoms with Crippen LogP contribution in [0.1, 0.15) is 12.5 Å². The normalized spacial score (nSPS) is 18.9. The minimum Gasteiger partial charge on any atom is -0.314 e. The Morgan fingerprint density at radius 3 is 2.53 bits per heavy atom. The third-order valence-corrected chi connectivity index (χ3v) is 3.33. The predicted molar refractivity (Wildman–Crippen MR) is 69.1 cm³/mol. The first-order chi connectivity index (χ1) is 8.27. The number of rotatable bonds is 4. The molecule has 0 bridgehead atoms. The maximum Gasteiger partial charge on any atom is 0.147 e. The first kappa shape index (κ1) is 12.3. The van der Waals surface area contributed by atoms with Crippen LogP contribution in [-0.4, -0.2) is 42.9 Å². The first-order valence-electron chi connectivity index (χ1n) is 6.26. The molecule has 17 heavy (non-hydrogen) atoms. The molecule has 3 nitrogen and oxygen atoms in total. The monoisotopic (exact) mass is 232 g/mol.